The van der Waals surface area contributed by atoms with Crippen molar-refractivity contribution in [1.29, 1.82) is 0 Å². The molecule has 4 aliphatic rings. The van der Waals surface area contributed by atoms with E-state index < -0.39 is 10.0 Å². The van der Waals surface area contributed by atoms with Crippen molar-refractivity contribution in [3.8, 4) is 17.1 Å². The van der Waals surface area contributed by atoms with Gasteiger partial charge in [0.15, 0.2) is 0 Å². The number of nitrogens with one attached hydrogen (secondary N) is 1. The first-order chi connectivity index (χ1) is 21.1. The Balaban J connectivity index is 1.32. The Morgan fingerprint density at radius 2 is 1.68 bits per heavy atom. The Morgan fingerprint density at radius 1 is 0.955 bits per heavy atom. The molecule has 2 saturated carbocycles. The van der Waals surface area contributed by atoms with Gasteiger partial charge in [-0.3, -0.25) is 4.90 Å². The van der Waals surface area contributed by atoms with E-state index in [-0.39, 0.29) is 22.9 Å². The van der Waals surface area contributed by atoms with Crippen molar-refractivity contribution in [2.75, 3.05) is 17.8 Å². The van der Waals surface area contributed by atoms with Gasteiger partial charge < -0.3 is 4.74 Å². The first-order valence-electron chi connectivity index (χ1n) is 16.6. The third-order valence-electron chi connectivity index (χ3n) is 11.1. The van der Waals surface area contributed by atoms with Crippen molar-refractivity contribution in [3.63, 3.8) is 0 Å². The molecule has 2 aliphatic heterocycles. The molecule has 2 unspecified atom stereocenters. The number of hydrogen-bond acceptors (Lipinski definition) is 6. The van der Waals surface area contributed by atoms with E-state index >= 15 is 0 Å². The monoisotopic (exact) mass is 614 g/mol. The standard InChI is InChI=1S/C36H46N4O3S/c1-23(2)31-22-40(27-19-36(20-27)14-6-5-7-15-36)21-28-17-30(31)26-12-9-13-29(16-26)44(41,42)39-35-37-32(18-33(38-35)43-28)34-24(3)10-8-11-25(34)4/h8-13,16,18,23,27-28,30-31H,5-7,14-15,17,19-22H2,1-4H3,(H,37,38,39)/t28-,30?,31?/m0/s1. The minimum Gasteiger partial charge on any atom is -0.473 e. The summed E-state index contributed by atoms with van der Waals surface area (Å²) in [6.07, 6.45) is 10.2. The molecule has 0 radical (unpaired) electrons. The summed E-state index contributed by atoms with van der Waals surface area (Å²) in [5.41, 5.74) is 5.39. The molecule has 0 amide bonds. The molecule has 234 valence electrons. The molecule has 1 spiro atoms. The van der Waals surface area contributed by atoms with Crippen LogP contribution in [-0.2, 0) is 10.0 Å². The molecule has 1 N–H and O–H groups in total. The topological polar surface area (TPSA) is 84.4 Å². The van der Waals surface area contributed by atoms with Crippen LogP contribution in [0, 0.1) is 31.1 Å². The highest BCUT2D eigenvalue weighted by Gasteiger charge is 2.48. The van der Waals surface area contributed by atoms with Crippen LogP contribution in [0.15, 0.2) is 53.4 Å². The number of benzene rings is 2. The molecule has 8 heteroatoms. The highest BCUT2D eigenvalue weighted by molar-refractivity contribution is 7.92. The van der Waals surface area contributed by atoms with E-state index in [1.165, 1.54) is 44.9 Å². The van der Waals surface area contributed by atoms with Crippen LogP contribution in [0.3, 0.4) is 0 Å². The summed E-state index contributed by atoms with van der Waals surface area (Å²) in [6, 6.07) is 16.1. The number of anilines is 1. The first kappa shape index (κ1) is 29.7. The average Bonchev–Trinajstić information content (AvgIpc) is 3.15. The van der Waals surface area contributed by atoms with Crippen LogP contribution in [0.5, 0.6) is 5.88 Å². The van der Waals surface area contributed by atoms with Crippen LogP contribution in [0.4, 0.5) is 5.95 Å². The molecule has 2 aromatic carbocycles. The minimum atomic E-state index is -3.92. The maximum atomic E-state index is 13.7. The maximum Gasteiger partial charge on any atom is 0.264 e. The quantitative estimate of drug-likeness (QED) is 0.329. The summed E-state index contributed by atoms with van der Waals surface area (Å²) in [5.74, 6) is 1.45. The number of ether oxygens (including phenoxy) is 1. The van der Waals surface area contributed by atoms with Gasteiger partial charge in [0.25, 0.3) is 10.0 Å². The van der Waals surface area contributed by atoms with E-state index in [1.807, 2.05) is 24.3 Å². The van der Waals surface area contributed by atoms with E-state index in [9.17, 15) is 8.42 Å². The summed E-state index contributed by atoms with van der Waals surface area (Å²) in [6.45, 7) is 10.6. The summed E-state index contributed by atoms with van der Waals surface area (Å²) in [5, 5.41) is 0. The van der Waals surface area contributed by atoms with Crippen molar-refractivity contribution in [1.82, 2.24) is 14.9 Å². The molecular formula is C36H46N4O3S. The Bertz CT molecular complexity index is 1620. The van der Waals surface area contributed by atoms with E-state index in [4.69, 9.17) is 9.72 Å². The van der Waals surface area contributed by atoms with Crippen molar-refractivity contribution in [2.24, 2.45) is 17.3 Å². The smallest absolute Gasteiger partial charge is 0.264 e. The number of aryl methyl sites for hydroxylation is 2. The van der Waals surface area contributed by atoms with Crippen LogP contribution in [0.25, 0.3) is 11.3 Å². The summed E-state index contributed by atoms with van der Waals surface area (Å²) in [4.78, 5) is 12.3. The second-order valence-corrected chi connectivity index (χ2v) is 16.1. The fourth-order valence-corrected chi connectivity index (χ4v) is 9.76. The lowest BCUT2D eigenvalue weighted by Crippen LogP contribution is -2.54. The van der Waals surface area contributed by atoms with Crippen molar-refractivity contribution >= 4 is 16.0 Å². The van der Waals surface area contributed by atoms with Gasteiger partial charge in [0.1, 0.15) is 6.10 Å². The lowest BCUT2D eigenvalue weighted by Gasteiger charge is -2.54. The highest BCUT2D eigenvalue weighted by atomic mass is 32.2. The van der Waals surface area contributed by atoms with Gasteiger partial charge in [-0.2, -0.15) is 4.98 Å². The number of fused-ring (bicyclic) bond motifs is 7. The van der Waals surface area contributed by atoms with Gasteiger partial charge in [0.05, 0.1) is 10.6 Å². The van der Waals surface area contributed by atoms with Crippen molar-refractivity contribution in [3.05, 3.63) is 65.2 Å². The van der Waals surface area contributed by atoms with Gasteiger partial charge in [-0.25, -0.2) is 18.1 Å². The number of likely N-dealkylation sites (tertiary alicyclic amines) is 1. The molecule has 3 heterocycles. The third-order valence-corrected chi connectivity index (χ3v) is 12.4. The number of sulfonamides is 1. The molecule has 3 fully saturated rings. The van der Waals surface area contributed by atoms with Gasteiger partial charge in [0.2, 0.25) is 11.8 Å². The van der Waals surface area contributed by atoms with E-state index in [2.05, 4.69) is 60.5 Å². The van der Waals surface area contributed by atoms with Crippen LogP contribution < -0.4 is 9.46 Å². The predicted octanol–water partition coefficient (Wildman–Crippen LogP) is 7.50. The van der Waals surface area contributed by atoms with Gasteiger partial charge in [-0.05, 0) is 97.9 Å². The van der Waals surface area contributed by atoms with Crippen molar-refractivity contribution < 1.29 is 13.2 Å². The molecule has 1 saturated heterocycles. The normalized spacial score (nSPS) is 27.7. The summed E-state index contributed by atoms with van der Waals surface area (Å²) in [7, 11) is -3.92. The van der Waals surface area contributed by atoms with Crippen LogP contribution in [-0.4, -0.2) is 48.5 Å². The highest BCUT2D eigenvalue weighted by Crippen LogP contribution is 2.54. The molecule has 7 nitrogen and oxygen atoms in total. The molecular weight excluding hydrogens is 568 g/mol. The second kappa shape index (κ2) is 11.4. The predicted molar refractivity (Wildman–Crippen MR) is 174 cm³/mol. The SMILES string of the molecule is Cc1cccc(C)c1-c1cc2nc(n1)NS(=O)(=O)c1cccc(c1)C1C[C@@H](CN(C3CC4(CCCCC4)C3)CC1C(C)C)O2. The number of nitrogens with zero attached hydrogens (tertiary/aromatic N) is 3. The van der Waals surface area contributed by atoms with E-state index in [0.717, 1.165) is 41.8 Å². The number of hydrogen-bond donors (Lipinski definition) is 1. The zero-order valence-corrected chi connectivity index (χ0v) is 27.4. The van der Waals surface area contributed by atoms with Crippen LogP contribution >= 0.6 is 0 Å². The van der Waals surface area contributed by atoms with Crippen LogP contribution in [0.1, 0.15) is 87.8 Å². The largest absolute Gasteiger partial charge is 0.473 e. The Labute approximate surface area is 262 Å². The average molecular weight is 615 g/mol. The number of aromatic nitrogens is 2. The first-order valence-corrected chi connectivity index (χ1v) is 18.1. The molecule has 3 aromatic rings. The van der Waals surface area contributed by atoms with Gasteiger partial charge in [-0.15, -0.1) is 0 Å². The summed E-state index contributed by atoms with van der Waals surface area (Å²) < 4.78 is 37.0. The van der Waals surface area contributed by atoms with Gasteiger partial charge in [-0.1, -0.05) is 63.4 Å². The van der Waals surface area contributed by atoms with Crippen molar-refractivity contribution in [2.45, 2.75) is 102 Å². The maximum absolute atomic E-state index is 13.7. The van der Waals surface area contributed by atoms with Gasteiger partial charge in [0, 0.05) is 30.8 Å². The zero-order valence-electron chi connectivity index (χ0n) is 26.6. The van der Waals surface area contributed by atoms with E-state index in [0.29, 0.717) is 34.9 Å². The molecule has 3 atom stereocenters. The lowest BCUT2D eigenvalue weighted by atomic mass is 9.58. The van der Waals surface area contributed by atoms with E-state index in [1.54, 1.807) is 6.07 Å². The molecule has 2 aliphatic carbocycles. The fourth-order valence-electron chi connectivity index (χ4n) is 8.76. The minimum absolute atomic E-state index is 0.0337. The molecule has 44 heavy (non-hydrogen) atoms. The fraction of sp³-hybridized carbons (Fsp3) is 0.556. The zero-order chi connectivity index (χ0) is 30.6. The molecule has 1 aromatic heterocycles. The molecule has 6 bridgehead atoms. The summed E-state index contributed by atoms with van der Waals surface area (Å²) >= 11 is 0. The Kier molecular flexibility index (Phi) is 7.72. The van der Waals surface area contributed by atoms with Gasteiger partial charge >= 0.3 is 0 Å². The second-order valence-electron chi connectivity index (χ2n) is 14.4. The number of rotatable bonds is 3. The Hall–Kier alpha value is -2.97. The Morgan fingerprint density at radius 3 is 2.41 bits per heavy atom. The molecule has 7 rings (SSSR count). The van der Waals surface area contributed by atoms with Crippen LogP contribution in [0.2, 0.25) is 0 Å². The lowest BCUT2D eigenvalue weighted by molar-refractivity contribution is -0.0390. The third kappa shape index (κ3) is 5.64.